The monoisotopic (exact) mass is 908 g/mol. The Balaban J connectivity index is 1.36. The average Bonchev–Trinajstić information content (AvgIpc) is 3.62. The second kappa shape index (κ2) is 19.0. The topological polar surface area (TPSA) is 51.2 Å². The zero-order chi connectivity index (χ0) is 43.5. The molecule has 5 aromatic carbocycles. The number of anilines is 2. The summed E-state index contributed by atoms with van der Waals surface area (Å²) in [7, 11) is 7.65. The Hall–Kier alpha value is -4.59. The maximum atomic E-state index is 14.4. The summed E-state index contributed by atoms with van der Waals surface area (Å²) in [5.41, 5.74) is 6.10. The highest BCUT2D eigenvalue weighted by molar-refractivity contribution is 6.53. The highest BCUT2D eigenvalue weighted by Gasteiger charge is 2.48. The van der Waals surface area contributed by atoms with Gasteiger partial charge in [0.1, 0.15) is 11.5 Å². The number of esters is 1. The van der Waals surface area contributed by atoms with Crippen molar-refractivity contribution in [2.24, 2.45) is 0 Å². The molecule has 8 rings (SSSR count). The number of hydrogen-bond donors (Lipinski definition) is 0. The zero-order valence-electron chi connectivity index (χ0n) is 35.7. The Labute approximate surface area is 386 Å². The Kier molecular flexibility index (Phi) is 13.5. The fourth-order valence-corrected chi connectivity index (χ4v) is 10.5. The van der Waals surface area contributed by atoms with Gasteiger partial charge in [-0.05, 0) is 120 Å². The standard InChI is InChI=1S/C52H52Cl4N2O4/c1-57(37-11-7-5-8-12-37)39-23-15-33(16-24-39)43(35-19-27-41(60-3)28-20-35)31-52(46-45(51(59)62-52)47(53)49(55)50(56)48(46)54)32-44(36-21-29-42(61-4)30-22-36)34-17-25-40(26-18-34)58(2)38-13-9-6-10-14-38/h15-32,37-38H,5-14H2,1-4H3. The smallest absolute Gasteiger partial charge is 0.341 e. The summed E-state index contributed by atoms with van der Waals surface area (Å²) < 4.78 is 17.8. The number of nitrogens with zero attached hydrogens (tertiary/aromatic N) is 2. The summed E-state index contributed by atoms with van der Waals surface area (Å²) in [6.45, 7) is 0. The van der Waals surface area contributed by atoms with E-state index in [2.05, 4.69) is 72.4 Å². The Bertz CT molecular complexity index is 2320. The summed E-state index contributed by atoms with van der Waals surface area (Å²) >= 11 is 27.7. The van der Waals surface area contributed by atoms with E-state index in [9.17, 15) is 4.79 Å². The van der Waals surface area contributed by atoms with Crippen LogP contribution in [0.2, 0.25) is 20.1 Å². The third-order valence-corrected chi connectivity index (χ3v) is 14.9. The van der Waals surface area contributed by atoms with Gasteiger partial charge in [-0.2, -0.15) is 0 Å². The molecule has 5 aromatic rings. The fraction of sp³-hybridized carbons (Fsp3) is 0.327. The minimum atomic E-state index is -1.64. The molecule has 2 fully saturated rings. The molecule has 6 nitrogen and oxygen atoms in total. The summed E-state index contributed by atoms with van der Waals surface area (Å²) in [5.74, 6) is 0.746. The Morgan fingerprint density at radius 2 is 0.903 bits per heavy atom. The molecule has 0 spiro atoms. The molecule has 1 aliphatic heterocycles. The van der Waals surface area contributed by atoms with Crippen molar-refractivity contribution >= 4 is 74.9 Å². The van der Waals surface area contributed by atoms with Crippen LogP contribution in [-0.2, 0) is 10.3 Å². The van der Waals surface area contributed by atoms with Gasteiger partial charge in [0.15, 0.2) is 5.60 Å². The first-order valence-corrected chi connectivity index (χ1v) is 23.0. The van der Waals surface area contributed by atoms with Gasteiger partial charge < -0.3 is 24.0 Å². The number of halogens is 4. The second-order valence-electron chi connectivity index (χ2n) is 16.7. The SMILES string of the molecule is COc1ccc(C(=CC2(C=C(c3ccc(OC)cc3)c3ccc(N(C)C4CCCCC4)cc3)OC(=O)c3c(Cl)c(Cl)c(Cl)c(Cl)c32)c2ccc(N(C)C3CCCCC3)cc2)cc1. The minimum Gasteiger partial charge on any atom is -0.497 e. The molecule has 2 aliphatic carbocycles. The molecule has 0 aromatic heterocycles. The van der Waals surface area contributed by atoms with Gasteiger partial charge in [-0.25, -0.2) is 4.79 Å². The predicted octanol–water partition coefficient (Wildman–Crippen LogP) is 14.5. The lowest BCUT2D eigenvalue weighted by Gasteiger charge is -2.33. The van der Waals surface area contributed by atoms with Gasteiger partial charge in [0, 0.05) is 43.1 Å². The van der Waals surface area contributed by atoms with E-state index < -0.39 is 11.6 Å². The van der Waals surface area contributed by atoms with Crippen molar-refractivity contribution in [3.05, 3.63) is 163 Å². The lowest BCUT2D eigenvalue weighted by atomic mass is 9.83. The molecule has 0 atom stereocenters. The van der Waals surface area contributed by atoms with E-state index in [1.807, 2.05) is 60.7 Å². The minimum absolute atomic E-state index is 0.0149. The normalized spacial score (nSPS) is 18.6. The maximum Gasteiger partial charge on any atom is 0.341 e. The molecule has 2 saturated carbocycles. The van der Waals surface area contributed by atoms with Gasteiger partial charge in [-0.1, -0.05) is 133 Å². The van der Waals surface area contributed by atoms with Crippen LogP contribution in [0.4, 0.5) is 11.4 Å². The van der Waals surface area contributed by atoms with Crippen LogP contribution in [0.1, 0.15) is 102 Å². The lowest BCUT2D eigenvalue weighted by Crippen LogP contribution is -2.33. The van der Waals surface area contributed by atoms with Crippen LogP contribution in [0.5, 0.6) is 11.5 Å². The van der Waals surface area contributed by atoms with Crippen LogP contribution in [0.15, 0.2) is 109 Å². The van der Waals surface area contributed by atoms with E-state index >= 15 is 0 Å². The molecule has 322 valence electrons. The number of methoxy groups -OCH3 is 2. The van der Waals surface area contributed by atoms with Gasteiger partial charge in [-0.15, -0.1) is 0 Å². The predicted molar refractivity (Wildman–Crippen MR) is 257 cm³/mol. The third-order valence-electron chi connectivity index (χ3n) is 13.1. The second-order valence-corrected chi connectivity index (χ2v) is 18.2. The number of fused-ring (bicyclic) bond motifs is 1. The van der Waals surface area contributed by atoms with Gasteiger partial charge in [0.2, 0.25) is 0 Å². The van der Waals surface area contributed by atoms with Crippen LogP contribution in [0, 0.1) is 0 Å². The number of ether oxygens (including phenoxy) is 3. The van der Waals surface area contributed by atoms with E-state index in [4.69, 9.17) is 60.6 Å². The number of rotatable bonds is 12. The highest BCUT2D eigenvalue weighted by atomic mass is 35.5. The first kappa shape index (κ1) is 44.0. The van der Waals surface area contributed by atoms with Crippen molar-refractivity contribution in [3.8, 4) is 11.5 Å². The van der Waals surface area contributed by atoms with E-state index in [1.165, 1.54) is 64.2 Å². The number of benzene rings is 5. The summed E-state index contributed by atoms with van der Waals surface area (Å²) in [5, 5.41) is 0.0705. The molecule has 10 heteroatoms. The molecule has 0 bridgehead atoms. The molecular weight excluding hydrogens is 858 g/mol. The van der Waals surface area contributed by atoms with E-state index in [-0.39, 0.29) is 25.7 Å². The molecular formula is C52H52Cl4N2O4. The van der Waals surface area contributed by atoms with Crippen LogP contribution < -0.4 is 19.3 Å². The highest BCUT2D eigenvalue weighted by Crippen LogP contribution is 2.54. The zero-order valence-corrected chi connectivity index (χ0v) is 38.7. The van der Waals surface area contributed by atoms with Crippen LogP contribution >= 0.6 is 46.4 Å². The van der Waals surface area contributed by atoms with Crippen molar-refractivity contribution < 1.29 is 19.0 Å². The molecule has 62 heavy (non-hydrogen) atoms. The Morgan fingerprint density at radius 1 is 0.548 bits per heavy atom. The average molecular weight is 911 g/mol. The molecule has 0 unspecified atom stereocenters. The number of carbonyl (C=O) groups is 1. The van der Waals surface area contributed by atoms with Crippen LogP contribution in [0.3, 0.4) is 0 Å². The van der Waals surface area contributed by atoms with Crippen molar-refractivity contribution in [3.63, 3.8) is 0 Å². The quantitative estimate of drug-likeness (QED) is 0.0706. The third kappa shape index (κ3) is 8.82. The molecule has 0 N–H and O–H groups in total. The largest absolute Gasteiger partial charge is 0.497 e. The molecule has 3 aliphatic rings. The first-order chi connectivity index (χ1) is 30.0. The van der Waals surface area contributed by atoms with E-state index in [0.29, 0.717) is 29.1 Å². The summed E-state index contributed by atoms with van der Waals surface area (Å²) in [6.07, 6.45) is 16.2. The number of cyclic esters (lactones) is 1. The van der Waals surface area contributed by atoms with Gasteiger partial charge in [0.25, 0.3) is 0 Å². The lowest BCUT2D eigenvalue weighted by molar-refractivity contribution is 0.0300. The molecule has 1 heterocycles. The first-order valence-electron chi connectivity index (χ1n) is 21.5. The van der Waals surface area contributed by atoms with Crippen molar-refractivity contribution in [1.82, 2.24) is 0 Å². The summed E-state index contributed by atoms with van der Waals surface area (Å²) in [4.78, 5) is 19.2. The number of carbonyl (C=O) groups excluding carboxylic acids is 1. The van der Waals surface area contributed by atoms with Crippen LogP contribution in [0.25, 0.3) is 11.1 Å². The van der Waals surface area contributed by atoms with E-state index in [0.717, 1.165) is 44.8 Å². The Morgan fingerprint density at radius 3 is 1.27 bits per heavy atom. The van der Waals surface area contributed by atoms with Crippen molar-refractivity contribution in [2.75, 3.05) is 38.1 Å². The van der Waals surface area contributed by atoms with E-state index in [1.54, 1.807) is 14.2 Å². The van der Waals surface area contributed by atoms with Gasteiger partial charge in [0.05, 0.1) is 39.9 Å². The molecule has 0 saturated heterocycles. The van der Waals surface area contributed by atoms with Crippen LogP contribution in [-0.4, -0.2) is 46.4 Å². The summed E-state index contributed by atoms with van der Waals surface area (Å²) in [6, 6.07) is 33.8. The molecule has 0 radical (unpaired) electrons. The number of hydrogen-bond acceptors (Lipinski definition) is 6. The molecule has 0 amide bonds. The van der Waals surface area contributed by atoms with Gasteiger partial charge in [-0.3, -0.25) is 0 Å². The van der Waals surface area contributed by atoms with Crippen molar-refractivity contribution in [2.45, 2.75) is 81.9 Å². The van der Waals surface area contributed by atoms with Crippen molar-refractivity contribution in [1.29, 1.82) is 0 Å². The van der Waals surface area contributed by atoms with Gasteiger partial charge >= 0.3 is 5.97 Å². The maximum absolute atomic E-state index is 14.4. The fourth-order valence-electron chi connectivity index (χ4n) is 9.44.